The molecule has 0 saturated carbocycles. The minimum atomic E-state index is -0.536. The molecule has 2 rings (SSSR count). The van der Waals surface area contributed by atoms with Crippen LogP contribution in [-0.4, -0.2) is 22.2 Å². The van der Waals surface area contributed by atoms with Crippen LogP contribution in [0, 0.1) is 6.92 Å². The molecule has 1 atom stereocenters. The SMILES string of the molecule is COc1cccc(Cc2ncc(C(C)O)c(C)n2)c1. The van der Waals surface area contributed by atoms with E-state index in [-0.39, 0.29) is 0 Å². The van der Waals surface area contributed by atoms with Crippen LogP contribution < -0.4 is 4.74 Å². The Labute approximate surface area is 113 Å². The highest BCUT2D eigenvalue weighted by atomic mass is 16.5. The molecule has 0 spiro atoms. The van der Waals surface area contributed by atoms with Gasteiger partial charge in [-0.2, -0.15) is 0 Å². The summed E-state index contributed by atoms with van der Waals surface area (Å²) in [7, 11) is 1.65. The number of hydrogen-bond donors (Lipinski definition) is 1. The van der Waals surface area contributed by atoms with Crippen molar-refractivity contribution in [1.29, 1.82) is 0 Å². The molecule has 0 amide bonds. The van der Waals surface area contributed by atoms with Crippen LogP contribution >= 0.6 is 0 Å². The minimum absolute atomic E-state index is 0.536. The van der Waals surface area contributed by atoms with Gasteiger partial charge >= 0.3 is 0 Å². The summed E-state index contributed by atoms with van der Waals surface area (Å²) < 4.78 is 5.19. The molecule has 0 radical (unpaired) electrons. The van der Waals surface area contributed by atoms with Crippen molar-refractivity contribution in [3.8, 4) is 5.75 Å². The van der Waals surface area contributed by atoms with E-state index in [0.717, 1.165) is 28.4 Å². The number of nitrogens with zero attached hydrogens (tertiary/aromatic N) is 2. The first kappa shape index (κ1) is 13.5. The van der Waals surface area contributed by atoms with Gasteiger partial charge in [-0.3, -0.25) is 0 Å². The first-order valence-corrected chi connectivity index (χ1v) is 6.23. The molecule has 4 heteroatoms. The standard InChI is InChI=1S/C15H18N2O2/c1-10-14(11(2)18)9-16-15(17-10)8-12-5-4-6-13(7-12)19-3/h4-7,9,11,18H,8H2,1-3H3. The van der Waals surface area contributed by atoms with Crippen molar-refractivity contribution in [2.45, 2.75) is 26.4 Å². The van der Waals surface area contributed by atoms with Gasteiger partial charge < -0.3 is 9.84 Å². The van der Waals surface area contributed by atoms with Crippen molar-refractivity contribution < 1.29 is 9.84 Å². The summed E-state index contributed by atoms with van der Waals surface area (Å²) in [4.78, 5) is 8.73. The van der Waals surface area contributed by atoms with E-state index in [9.17, 15) is 5.11 Å². The molecule has 0 aliphatic heterocycles. The second-order valence-electron chi connectivity index (χ2n) is 4.53. The third-order valence-electron chi connectivity index (χ3n) is 3.01. The van der Waals surface area contributed by atoms with Crippen molar-refractivity contribution in [3.05, 3.63) is 53.1 Å². The van der Waals surface area contributed by atoms with Gasteiger partial charge in [-0.05, 0) is 31.5 Å². The fraction of sp³-hybridized carbons (Fsp3) is 0.333. The highest BCUT2D eigenvalue weighted by Crippen LogP contribution is 2.17. The molecule has 100 valence electrons. The third kappa shape index (κ3) is 3.29. The van der Waals surface area contributed by atoms with Gasteiger partial charge in [-0.15, -0.1) is 0 Å². The predicted molar refractivity (Wildman–Crippen MR) is 73.2 cm³/mol. The smallest absolute Gasteiger partial charge is 0.132 e. The zero-order valence-corrected chi connectivity index (χ0v) is 11.4. The topological polar surface area (TPSA) is 55.2 Å². The maximum atomic E-state index is 9.56. The number of ether oxygens (including phenoxy) is 1. The Morgan fingerprint density at radius 3 is 2.79 bits per heavy atom. The Morgan fingerprint density at radius 2 is 2.16 bits per heavy atom. The van der Waals surface area contributed by atoms with Crippen LogP contribution in [0.5, 0.6) is 5.75 Å². The van der Waals surface area contributed by atoms with Crippen LogP contribution in [0.15, 0.2) is 30.5 Å². The monoisotopic (exact) mass is 258 g/mol. The quantitative estimate of drug-likeness (QED) is 0.915. The molecule has 0 aliphatic carbocycles. The molecular formula is C15H18N2O2. The summed E-state index contributed by atoms with van der Waals surface area (Å²) in [6, 6.07) is 7.85. The van der Waals surface area contributed by atoms with Gasteiger partial charge in [0, 0.05) is 23.9 Å². The van der Waals surface area contributed by atoms with Crippen LogP contribution in [0.4, 0.5) is 0 Å². The second-order valence-corrected chi connectivity index (χ2v) is 4.53. The zero-order chi connectivity index (χ0) is 13.8. The summed E-state index contributed by atoms with van der Waals surface area (Å²) >= 11 is 0. The number of methoxy groups -OCH3 is 1. The van der Waals surface area contributed by atoms with E-state index in [1.54, 1.807) is 20.2 Å². The van der Waals surface area contributed by atoms with Crippen molar-refractivity contribution in [2.75, 3.05) is 7.11 Å². The number of aliphatic hydroxyl groups is 1. The first-order chi connectivity index (χ1) is 9.10. The van der Waals surface area contributed by atoms with Crippen molar-refractivity contribution in [3.63, 3.8) is 0 Å². The van der Waals surface area contributed by atoms with Crippen LogP contribution in [-0.2, 0) is 6.42 Å². The summed E-state index contributed by atoms with van der Waals surface area (Å²) in [6.45, 7) is 3.60. The molecule has 1 unspecified atom stereocenters. The lowest BCUT2D eigenvalue weighted by atomic mass is 10.1. The lowest BCUT2D eigenvalue weighted by Gasteiger charge is -2.09. The predicted octanol–water partition coefficient (Wildman–Crippen LogP) is 2.44. The average Bonchev–Trinajstić information content (AvgIpc) is 2.38. The van der Waals surface area contributed by atoms with Crippen LogP contribution in [0.1, 0.15) is 35.7 Å². The summed E-state index contributed by atoms with van der Waals surface area (Å²) in [5, 5.41) is 9.56. The van der Waals surface area contributed by atoms with Gasteiger partial charge in [-0.1, -0.05) is 12.1 Å². The van der Waals surface area contributed by atoms with Crippen LogP contribution in [0.25, 0.3) is 0 Å². The summed E-state index contributed by atoms with van der Waals surface area (Å²) in [5.41, 5.74) is 2.70. The highest BCUT2D eigenvalue weighted by molar-refractivity contribution is 5.30. The Kier molecular flexibility index (Phi) is 4.12. The maximum absolute atomic E-state index is 9.56. The normalized spacial score (nSPS) is 12.2. The summed E-state index contributed by atoms with van der Waals surface area (Å²) in [6.07, 6.45) is 1.81. The van der Waals surface area contributed by atoms with E-state index in [1.165, 1.54) is 0 Å². The lowest BCUT2D eigenvalue weighted by Crippen LogP contribution is -2.04. The van der Waals surface area contributed by atoms with Gasteiger partial charge in [0.2, 0.25) is 0 Å². The largest absolute Gasteiger partial charge is 0.497 e. The third-order valence-corrected chi connectivity index (χ3v) is 3.01. The Bertz CT molecular complexity index is 568. The second kappa shape index (κ2) is 5.80. The molecule has 1 aromatic carbocycles. The average molecular weight is 258 g/mol. The molecule has 1 aromatic heterocycles. The van der Waals surface area contributed by atoms with Crippen LogP contribution in [0.3, 0.4) is 0 Å². The van der Waals surface area contributed by atoms with Crippen molar-refractivity contribution in [2.24, 2.45) is 0 Å². The molecule has 1 N–H and O–H groups in total. The van der Waals surface area contributed by atoms with E-state index in [2.05, 4.69) is 9.97 Å². The molecular weight excluding hydrogens is 240 g/mol. The molecule has 0 fully saturated rings. The molecule has 0 bridgehead atoms. The van der Waals surface area contributed by atoms with Gasteiger partial charge in [0.1, 0.15) is 11.6 Å². The van der Waals surface area contributed by atoms with E-state index in [4.69, 9.17) is 4.74 Å². The van der Waals surface area contributed by atoms with E-state index >= 15 is 0 Å². The lowest BCUT2D eigenvalue weighted by molar-refractivity contribution is 0.197. The highest BCUT2D eigenvalue weighted by Gasteiger charge is 2.08. The Morgan fingerprint density at radius 1 is 1.37 bits per heavy atom. The number of aryl methyl sites for hydroxylation is 1. The van der Waals surface area contributed by atoms with E-state index in [1.807, 2.05) is 31.2 Å². The Balaban J connectivity index is 2.21. The molecule has 0 saturated heterocycles. The van der Waals surface area contributed by atoms with Crippen LogP contribution in [0.2, 0.25) is 0 Å². The number of hydrogen-bond acceptors (Lipinski definition) is 4. The van der Waals surface area contributed by atoms with Gasteiger partial charge in [0.25, 0.3) is 0 Å². The minimum Gasteiger partial charge on any atom is -0.497 e. The fourth-order valence-corrected chi connectivity index (χ4v) is 1.98. The van der Waals surface area contributed by atoms with E-state index < -0.39 is 6.10 Å². The number of aromatic nitrogens is 2. The van der Waals surface area contributed by atoms with Gasteiger partial charge in [0.05, 0.1) is 13.2 Å². The molecule has 0 aliphatic rings. The fourth-order valence-electron chi connectivity index (χ4n) is 1.98. The maximum Gasteiger partial charge on any atom is 0.132 e. The first-order valence-electron chi connectivity index (χ1n) is 6.23. The number of aliphatic hydroxyl groups excluding tert-OH is 1. The van der Waals surface area contributed by atoms with E-state index in [0.29, 0.717) is 6.42 Å². The van der Waals surface area contributed by atoms with Crippen molar-refractivity contribution in [1.82, 2.24) is 9.97 Å². The molecule has 1 heterocycles. The number of rotatable bonds is 4. The molecule has 4 nitrogen and oxygen atoms in total. The van der Waals surface area contributed by atoms with Gasteiger partial charge in [0.15, 0.2) is 0 Å². The Hall–Kier alpha value is -1.94. The van der Waals surface area contributed by atoms with Gasteiger partial charge in [-0.25, -0.2) is 9.97 Å². The van der Waals surface area contributed by atoms with Crippen molar-refractivity contribution >= 4 is 0 Å². The number of benzene rings is 1. The molecule has 2 aromatic rings. The zero-order valence-electron chi connectivity index (χ0n) is 11.4. The summed E-state index contributed by atoms with van der Waals surface area (Å²) in [5.74, 6) is 1.57. The molecule has 19 heavy (non-hydrogen) atoms.